The average Bonchev–Trinajstić information content (AvgIpc) is 3.13. The van der Waals surface area contributed by atoms with Crippen molar-refractivity contribution in [1.29, 1.82) is 0 Å². The van der Waals surface area contributed by atoms with Gasteiger partial charge in [0.05, 0.1) is 5.75 Å². The molecule has 2 aromatic rings. The monoisotopic (exact) mass is 426 g/mol. The Labute approximate surface area is 172 Å². The van der Waals surface area contributed by atoms with E-state index in [4.69, 9.17) is 4.74 Å². The number of aryl methyl sites for hydroxylation is 1. The SMILES string of the molecule is Cc1cc(OCC(O)CNCCNC(=O)CSCCO[N+](=O)[O-])c2cc[nH]c2c1. The highest BCUT2D eigenvalue weighted by Crippen LogP contribution is 2.26. The summed E-state index contributed by atoms with van der Waals surface area (Å²) in [6.07, 6.45) is 1.17. The zero-order valence-corrected chi connectivity index (χ0v) is 17.0. The van der Waals surface area contributed by atoms with Gasteiger partial charge in [0, 0.05) is 42.5 Å². The number of carbonyl (C=O) groups is 1. The molecule has 0 aliphatic heterocycles. The third kappa shape index (κ3) is 8.59. The van der Waals surface area contributed by atoms with Crippen LogP contribution < -0.4 is 15.4 Å². The summed E-state index contributed by atoms with van der Waals surface area (Å²) in [7, 11) is 0. The molecule has 1 aromatic heterocycles. The molecule has 1 amide bonds. The van der Waals surface area contributed by atoms with Crippen molar-refractivity contribution in [3.05, 3.63) is 40.1 Å². The standard InChI is InChI=1S/C18H26N4O6S/c1-13-8-16-15(2-3-20-16)17(9-13)27-11-14(23)10-19-4-5-21-18(24)12-29-7-6-28-22(25)26/h2-3,8-9,14,19-20,23H,4-7,10-12H2,1H3,(H,21,24). The van der Waals surface area contributed by atoms with Crippen LogP contribution in [-0.4, -0.2) is 71.5 Å². The van der Waals surface area contributed by atoms with Crippen LogP contribution >= 0.6 is 11.8 Å². The molecular weight excluding hydrogens is 400 g/mol. The second-order valence-electron chi connectivity index (χ2n) is 6.33. The number of rotatable bonds is 14. The largest absolute Gasteiger partial charge is 0.490 e. The molecule has 0 bridgehead atoms. The first kappa shape index (κ1) is 22.8. The van der Waals surface area contributed by atoms with Gasteiger partial charge in [-0.25, -0.2) is 0 Å². The molecule has 0 fully saturated rings. The normalized spacial score (nSPS) is 11.9. The molecule has 2 rings (SSSR count). The molecule has 0 radical (unpaired) electrons. The van der Waals surface area contributed by atoms with Crippen LogP contribution in [0.3, 0.4) is 0 Å². The number of hydrogen-bond acceptors (Lipinski definition) is 8. The zero-order chi connectivity index (χ0) is 21.1. The number of benzene rings is 1. The van der Waals surface area contributed by atoms with E-state index in [-0.39, 0.29) is 24.9 Å². The fraction of sp³-hybridized carbons (Fsp3) is 0.500. The second kappa shape index (κ2) is 12.1. The molecule has 0 spiro atoms. The molecule has 11 heteroatoms. The number of amides is 1. The van der Waals surface area contributed by atoms with E-state index in [1.54, 1.807) is 0 Å². The first-order valence-electron chi connectivity index (χ1n) is 9.16. The van der Waals surface area contributed by atoms with Crippen molar-refractivity contribution in [2.75, 3.05) is 44.4 Å². The van der Waals surface area contributed by atoms with Crippen molar-refractivity contribution < 1.29 is 24.6 Å². The predicted octanol–water partition coefficient (Wildman–Crippen LogP) is 0.863. The van der Waals surface area contributed by atoms with E-state index in [1.807, 2.05) is 31.3 Å². The molecule has 0 aliphatic rings. The van der Waals surface area contributed by atoms with E-state index in [2.05, 4.69) is 20.5 Å². The minimum Gasteiger partial charge on any atom is -0.490 e. The lowest BCUT2D eigenvalue weighted by Crippen LogP contribution is -2.37. The second-order valence-corrected chi connectivity index (χ2v) is 7.44. The molecule has 160 valence electrons. The van der Waals surface area contributed by atoms with E-state index < -0.39 is 11.2 Å². The molecule has 4 N–H and O–H groups in total. The van der Waals surface area contributed by atoms with Gasteiger partial charge in [0.2, 0.25) is 5.91 Å². The molecular formula is C18H26N4O6S. The maximum atomic E-state index is 11.6. The summed E-state index contributed by atoms with van der Waals surface area (Å²) < 4.78 is 5.76. The molecule has 0 saturated heterocycles. The number of nitrogens with zero attached hydrogens (tertiary/aromatic N) is 1. The van der Waals surface area contributed by atoms with Gasteiger partial charge in [-0.15, -0.1) is 10.1 Å². The van der Waals surface area contributed by atoms with E-state index in [0.717, 1.165) is 22.2 Å². The highest BCUT2D eigenvalue weighted by Gasteiger charge is 2.09. The van der Waals surface area contributed by atoms with Crippen LogP contribution in [-0.2, 0) is 9.63 Å². The quantitative estimate of drug-likeness (QED) is 0.198. The average molecular weight is 426 g/mol. The van der Waals surface area contributed by atoms with Gasteiger partial charge in [-0.05, 0) is 30.7 Å². The number of aromatic amines is 1. The Bertz CT molecular complexity index is 800. The molecule has 1 atom stereocenters. The molecule has 1 unspecified atom stereocenters. The van der Waals surface area contributed by atoms with Crippen LogP contribution in [0.4, 0.5) is 0 Å². The number of carbonyl (C=O) groups excluding carboxylic acids is 1. The number of thioether (sulfide) groups is 1. The number of nitrogens with one attached hydrogen (secondary N) is 3. The molecule has 0 aliphatic carbocycles. The van der Waals surface area contributed by atoms with E-state index >= 15 is 0 Å². The summed E-state index contributed by atoms with van der Waals surface area (Å²) in [5.41, 5.74) is 2.06. The summed E-state index contributed by atoms with van der Waals surface area (Å²) in [5, 5.41) is 25.9. The van der Waals surface area contributed by atoms with Crippen LogP contribution in [0.5, 0.6) is 5.75 Å². The Morgan fingerprint density at radius 2 is 2.24 bits per heavy atom. The Balaban J connectivity index is 1.53. The first-order chi connectivity index (χ1) is 14.0. The maximum absolute atomic E-state index is 11.6. The summed E-state index contributed by atoms with van der Waals surface area (Å²) in [4.78, 5) is 28.9. The minimum absolute atomic E-state index is 0.0371. The Kier molecular flexibility index (Phi) is 9.54. The first-order valence-corrected chi connectivity index (χ1v) is 10.3. The molecule has 29 heavy (non-hydrogen) atoms. The lowest BCUT2D eigenvalue weighted by molar-refractivity contribution is -0.756. The maximum Gasteiger partial charge on any atom is 0.294 e. The van der Waals surface area contributed by atoms with Gasteiger partial charge in [0.15, 0.2) is 0 Å². The minimum atomic E-state index is -0.854. The highest BCUT2D eigenvalue weighted by molar-refractivity contribution is 7.99. The number of H-pyrrole nitrogens is 1. The van der Waals surface area contributed by atoms with Gasteiger partial charge in [-0.1, -0.05) is 0 Å². The third-order valence-electron chi connectivity index (χ3n) is 3.87. The lowest BCUT2D eigenvalue weighted by atomic mass is 10.1. The van der Waals surface area contributed by atoms with Gasteiger partial charge in [-0.3, -0.25) is 4.79 Å². The molecule has 1 heterocycles. The number of hydrogen-bond donors (Lipinski definition) is 4. The number of aliphatic hydroxyl groups is 1. The van der Waals surface area contributed by atoms with E-state index in [1.165, 1.54) is 11.8 Å². The number of aliphatic hydroxyl groups excluding tert-OH is 1. The predicted molar refractivity (Wildman–Crippen MR) is 111 cm³/mol. The van der Waals surface area contributed by atoms with Crippen LogP contribution in [0.2, 0.25) is 0 Å². The van der Waals surface area contributed by atoms with E-state index in [9.17, 15) is 20.0 Å². The molecule has 10 nitrogen and oxygen atoms in total. The Hall–Kier alpha value is -2.50. The van der Waals surface area contributed by atoms with Crippen molar-refractivity contribution in [3.63, 3.8) is 0 Å². The number of aromatic nitrogens is 1. The third-order valence-corrected chi connectivity index (χ3v) is 4.79. The lowest BCUT2D eigenvalue weighted by Gasteiger charge is -2.14. The van der Waals surface area contributed by atoms with Gasteiger partial charge in [-0.2, -0.15) is 11.8 Å². The van der Waals surface area contributed by atoms with Crippen molar-refractivity contribution >= 4 is 28.6 Å². The van der Waals surface area contributed by atoms with Gasteiger partial charge < -0.3 is 30.3 Å². The van der Waals surface area contributed by atoms with Crippen LogP contribution in [0, 0.1) is 17.0 Å². The van der Waals surface area contributed by atoms with Crippen LogP contribution in [0.25, 0.3) is 10.9 Å². The number of ether oxygens (including phenoxy) is 1. The molecule has 1 aromatic carbocycles. The topological polar surface area (TPSA) is 139 Å². The fourth-order valence-electron chi connectivity index (χ4n) is 2.58. The summed E-state index contributed by atoms with van der Waals surface area (Å²) in [6, 6.07) is 5.91. The van der Waals surface area contributed by atoms with Crippen LogP contribution in [0.15, 0.2) is 24.4 Å². The highest BCUT2D eigenvalue weighted by atomic mass is 32.2. The summed E-state index contributed by atoms with van der Waals surface area (Å²) in [6.45, 7) is 3.37. The summed E-state index contributed by atoms with van der Waals surface area (Å²) >= 11 is 1.26. The zero-order valence-electron chi connectivity index (χ0n) is 16.2. The van der Waals surface area contributed by atoms with Crippen LogP contribution in [0.1, 0.15) is 5.56 Å². The van der Waals surface area contributed by atoms with Gasteiger partial charge in [0.1, 0.15) is 25.1 Å². The van der Waals surface area contributed by atoms with Gasteiger partial charge in [0.25, 0.3) is 5.09 Å². The summed E-state index contributed by atoms with van der Waals surface area (Å²) in [5.74, 6) is 1.15. The Morgan fingerprint density at radius 3 is 3.03 bits per heavy atom. The van der Waals surface area contributed by atoms with Crippen molar-refractivity contribution in [3.8, 4) is 5.75 Å². The van der Waals surface area contributed by atoms with Crippen molar-refractivity contribution in [2.45, 2.75) is 13.0 Å². The van der Waals surface area contributed by atoms with Crippen molar-refractivity contribution in [1.82, 2.24) is 15.6 Å². The fourth-order valence-corrected chi connectivity index (χ4v) is 3.20. The smallest absolute Gasteiger partial charge is 0.294 e. The molecule has 0 saturated carbocycles. The Morgan fingerprint density at radius 1 is 1.41 bits per heavy atom. The van der Waals surface area contributed by atoms with E-state index in [0.29, 0.717) is 25.4 Å². The van der Waals surface area contributed by atoms with Gasteiger partial charge >= 0.3 is 0 Å². The number of fused-ring (bicyclic) bond motifs is 1. The van der Waals surface area contributed by atoms with Crippen molar-refractivity contribution in [2.24, 2.45) is 0 Å².